The standard InChI is InChI=1S/C16H26N4O3S2/c1-12-3-5-13(6-4-12)17-15(21)14-11-19(2)18-16(14)25(22,23)20-7-9-24-10-8-20/h11-13H,3-10H2,1-2H3,(H,17,21). The molecule has 1 saturated heterocycles. The Morgan fingerprint density at radius 2 is 1.88 bits per heavy atom. The van der Waals surface area contributed by atoms with Gasteiger partial charge in [0.05, 0.1) is 5.56 Å². The Labute approximate surface area is 153 Å². The normalized spacial score (nSPS) is 25.7. The van der Waals surface area contributed by atoms with Crippen LogP contribution in [0.25, 0.3) is 0 Å². The predicted octanol–water partition coefficient (Wildman–Crippen LogP) is 1.47. The van der Waals surface area contributed by atoms with Gasteiger partial charge < -0.3 is 5.32 Å². The lowest BCUT2D eigenvalue weighted by Crippen LogP contribution is -2.40. The maximum atomic E-state index is 12.9. The summed E-state index contributed by atoms with van der Waals surface area (Å²) in [6, 6.07) is 0.117. The lowest BCUT2D eigenvalue weighted by Gasteiger charge is -2.27. The Balaban J connectivity index is 1.79. The number of sulfonamides is 1. The Morgan fingerprint density at radius 3 is 2.52 bits per heavy atom. The summed E-state index contributed by atoms with van der Waals surface area (Å²) in [4.78, 5) is 12.7. The van der Waals surface area contributed by atoms with Gasteiger partial charge in [0.15, 0.2) is 0 Å². The number of amides is 1. The highest BCUT2D eigenvalue weighted by Gasteiger charge is 2.34. The summed E-state index contributed by atoms with van der Waals surface area (Å²) < 4.78 is 28.7. The third kappa shape index (κ3) is 4.20. The summed E-state index contributed by atoms with van der Waals surface area (Å²) in [5, 5.41) is 6.99. The number of nitrogens with one attached hydrogen (secondary N) is 1. The molecule has 0 unspecified atom stereocenters. The number of thioether (sulfide) groups is 1. The molecule has 1 aromatic rings. The zero-order chi connectivity index (χ0) is 18.0. The molecule has 9 heteroatoms. The first kappa shape index (κ1) is 18.7. The van der Waals surface area contributed by atoms with Crippen molar-refractivity contribution in [3.05, 3.63) is 11.8 Å². The van der Waals surface area contributed by atoms with Crippen LogP contribution in [0.5, 0.6) is 0 Å². The van der Waals surface area contributed by atoms with Crippen LogP contribution in [0.15, 0.2) is 11.2 Å². The Morgan fingerprint density at radius 1 is 1.24 bits per heavy atom. The van der Waals surface area contributed by atoms with Crippen molar-refractivity contribution < 1.29 is 13.2 Å². The van der Waals surface area contributed by atoms with Crippen molar-refractivity contribution in [2.24, 2.45) is 13.0 Å². The average Bonchev–Trinajstić information content (AvgIpc) is 3.00. The summed E-state index contributed by atoms with van der Waals surface area (Å²) in [5.74, 6) is 1.90. The molecule has 1 saturated carbocycles. The minimum Gasteiger partial charge on any atom is -0.349 e. The molecule has 2 aliphatic rings. The summed E-state index contributed by atoms with van der Waals surface area (Å²) >= 11 is 1.74. The number of aryl methyl sites for hydroxylation is 1. The zero-order valence-electron chi connectivity index (χ0n) is 14.8. The Hall–Kier alpha value is -1.06. The van der Waals surface area contributed by atoms with Gasteiger partial charge in [0.25, 0.3) is 15.9 Å². The second kappa shape index (κ2) is 7.67. The topological polar surface area (TPSA) is 84.3 Å². The SMILES string of the molecule is CC1CCC(NC(=O)c2cn(C)nc2S(=O)(=O)N2CCSCC2)CC1. The Kier molecular flexibility index (Phi) is 5.75. The van der Waals surface area contributed by atoms with Crippen LogP contribution in [0, 0.1) is 5.92 Å². The van der Waals surface area contributed by atoms with Gasteiger partial charge in [0, 0.05) is 43.9 Å². The molecule has 0 spiro atoms. The first-order chi connectivity index (χ1) is 11.9. The number of hydrogen-bond acceptors (Lipinski definition) is 5. The lowest BCUT2D eigenvalue weighted by atomic mass is 9.87. The third-order valence-electron chi connectivity index (χ3n) is 4.94. The van der Waals surface area contributed by atoms with E-state index in [1.54, 1.807) is 18.8 Å². The van der Waals surface area contributed by atoms with Crippen LogP contribution in [0.1, 0.15) is 43.0 Å². The van der Waals surface area contributed by atoms with Crippen molar-refractivity contribution >= 4 is 27.7 Å². The lowest BCUT2D eigenvalue weighted by molar-refractivity contribution is 0.0919. The van der Waals surface area contributed by atoms with Crippen LogP contribution < -0.4 is 5.32 Å². The van der Waals surface area contributed by atoms with Gasteiger partial charge in [0.2, 0.25) is 5.03 Å². The molecular weight excluding hydrogens is 360 g/mol. The highest BCUT2D eigenvalue weighted by molar-refractivity contribution is 7.99. The van der Waals surface area contributed by atoms with Crippen molar-refractivity contribution in [2.45, 2.75) is 43.7 Å². The molecule has 140 valence electrons. The molecule has 1 aliphatic heterocycles. The number of nitrogens with zero attached hydrogens (tertiary/aromatic N) is 3. The minimum atomic E-state index is -3.74. The van der Waals surface area contributed by atoms with E-state index >= 15 is 0 Å². The number of hydrogen-bond donors (Lipinski definition) is 1. The first-order valence-corrected chi connectivity index (χ1v) is 11.4. The fourth-order valence-electron chi connectivity index (χ4n) is 3.39. The molecule has 0 atom stereocenters. The second-order valence-electron chi connectivity index (χ2n) is 6.97. The molecular formula is C16H26N4O3S2. The highest BCUT2D eigenvalue weighted by atomic mass is 32.2. The summed E-state index contributed by atoms with van der Waals surface area (Å²) in [6.45, 7) is 3.15. The van der Waals surface area contributed by atoms with Crippen LogP contribution in [0.4, 0.5) is 0 Å². The average molecular weight is 387 g/mol. The maximum Gasteiger partial charge on any atom is 0.263 e. The van der Waals surface area contributed by atoms with Crippen molar-refractivity contribution in [3.63, 3.8) is 0 Å². The van der Waals surface area contributed by atoms with E-state index in [0.717, 1.165) is 37.2 Å². The quantitative estimate of drug-likeness (QED) is 0.847. The molecule has 1 aromatic heterocycles. The second-order valence-corrected chi connectivity index (χ2v) is 10.0. The molecule has 0 radical (unpaired) electrons. The molecule has 1 aliphatic carbocycles. The van der Waals surface area contributed by atoms with Crippen LogP contribution in [-0.4, -0.2) is 59.0 Å². The molecule has 3 rings (SSSR count). The molecule has 1 N–H and O–H groups in total. The van der Waals surface area contributed by atoms with Crippen LogP contribution >= 0.6 is 11.8 Å². The summed E-state index contributed by atoms with van der Waals surface area (Å²) in [6.07, 6.45) is 5.58. The van der Waals surface area contributed by atoms with Gasteiger partial charge in [-0.2, -0.15) is 21.2 Å². The third-order valence-corrected chi connectivity index (χ3v) is 7.72. The van der Waals surface area contributed by atoms with Crippen molar-refractivity contribution in [2.75, 3.05) is 24.6 Å². The van der Waals surface area contributed by atoms with E-state index in [-0.39, 0.29) is 22.5 Å². The van der Waals surface area contributed by atoms with Gasteiger partial charge in [-0.05, 0) is 31.6 Å². The first-order valence-electron chi connectivity index (χ1n) is 8.80. The Bertz CT molecular complexity index is 718. The molecule has 25 heavy (non-hydrogen) atoms. The highest BCUT2D eigenvalue weighted by Crippen LogP contribution is 2.25. The van der Waals surface area contributed by atoms with E-state index in [0.29, 0.717) is 19.0 Å². The van der Waals surface area contributed by atoms with Gasteiger partial charge in [-0.25, -0.2) is 8.42 Å². The van der Waals surface area contributed by atoms with E-state index in [1.165, 1.54) is 15.2 Å². The largest absolute Gasteiger partial charge is 0.349 e. The molecule has 1 amide bonds. The predicted molar refractivity (Wildman–Crippen MR) is 98.2 cm³/mol. The minimum absolute atomic E-state index is 0.117. The molecule has 7 nitrogen and oxygen atoms in total. The van der Waals surface area contributed by atoms with Gasteiger partial charge in [0.1, 0.15) is 0 Å². The number of carbonyl (C=O) groups excluding carboxylic acids is 1. The van der Waals surface area contributed by atoms with E-state index in [4.69, 9.17) is 0 Å². The molecule has 0 aromatic carbocycles. The molecule has 2 heterocycles. The van der Waals surface area contributed by atoms with Crippen LogP contribution in [0.3, 0.4) is 0 Å². The summed E-state index contributed by atoms with van der Waals surface area (Å²) in [7, 11) is -2.10. The summed E-state index contributed by atoms with van der Waals surface area (Å²) in [5.41, 5.74) is 0.152. The molecule has 0 bridgehead atoms. The van der Waals surface area contributed by atoms with Gasteiger partial charge in [-0.1, -0.05) is 6.92 Å². The van der Waals surface area contributed by atoms with Crippen molar-refractivity contribution in [3.8, 4) is 0 Å². The van der Waals surface area contributed by atoms with Gasteiger partial charge >= 0.3 is 0 Å². The fraction of sp³-hybridized carbons (Fsp3) is 0.750. The number of carbonyl (C=O) groups is 1. The van der Waals surface area contributed by atoms with E-state index < -0.39 is 10.0 Å². The van der Waals surface area contributed by atoms with E-state index in [9.17, 15) is 13.2 Å². The smallest absolute Gasteiger partial charge is 0.263 e. The maximum absolute atomic E-state index is 12.9. The van der Waals surface area contributed by atoms with Crippen LogP contribution in [-0.2, 0) is 17.1 Å². The van der Waals surface area contributed by atoms with Gasteiger partial charge in [-0.3, -0.25) is 9.48 Å². The zero-order valence-corrected chi connectivity index (χ0v) is 16.4. The number of aromatic nitrogens is 2. The fourth-order valence-corrected chi connectivity index (χ4v) is 6.09. The number of rotatable bonds is 4. The monoisotopic (exact) mass is 386 g/mol. The van der Waals surface area contributed by atoms with Gasteiger partial charge in [-0.15, -0.1) is 0 Å². The molecule has 2 fully saturated rings. The van der Waals surface area contributed by atoms with E-state index in [1.807, 2.05) is 0 Å². The van der Waals surface area contributed by atoms with E-state index in [2.05, 4.69) is 17.3 Å². The van der Waals surface area contributed by atoms with Crippen molar-refractivity contribution in [1.29, 1.82) is 0 Å². The van der Waals surface area contributed by atoms with Crippen molar-refractivity contribution in [1.82, 2.24) is 19.4 Å². The van der Waals surface area contributed by atoms with Crippen LogP contribution in [0.2, 0.25) is 0 Å².